The number of hydrogen-bond acceptors (Lipinski definition) is 4. The second-order valence-electron chi connectivity index (χ2n) is 3.32. The first-order valence-electron chi connectivity index (χ1n) is 4.47. The molecule has 1 aromatic carbocycles. The monoisotopic (exact) mass is 231 g/mol. The predicted octanol–water partition coefficient (Wildman–Crippen LogP) is 1.65. The maximum Gasteiger partial charge on any atom is 0.352 e. The number of carbonyl (C=O) groups is 1. The van der Waals surface area contributed by atoms with E-state index in [-0.39, 0.29) is 22.5 Å². The molecule has 0 unspecified atom stereocenters. The van der Waals surface area contributed by atoms with Crippen LogP contribution in [0.2, 0.25) is 0 Å². The molecule has 0 amide bonds. The molecule has 0 saturated heterocycles. The van der Waals surface area contributed by atoms with Crippen molar-refractivity contribution in [3.05, 3.63) is 39.6 Å². The van der Waals surface area contributed by atoms with Crippen molar-refractivity contribution in [2.45, 2.75) is 0 Å². The molecule has 0 aliphatic heterocycles. The van der Waals surface area contributed by atoms with Gasteiger partial charge < -0.3 is 10.1 Å². The number of fused-ring (bicyclic) bond motifs is 1. The molecule has 2 rings (SSSR count). The van der Waals surface area contributed by atoms with Crippen molar-refractivity contribution in [1.29, 1.82) is 5.26 Å². The lowest BCUT2D eigenvalue weighted by atomic mass is 10.1. The van der Waals surface area contributed by atoms with Gasteiger partial charge in [0.1, 0.15) is 11.2 Å². The lowest BCUT2D eigenvalue weighted by Gasteiger charge is -1.94. The van der Waals surface area contributed by atoms with E-state index in [0.717, 1.165) is 6.07 Å². The number of nitro groups is 1. The number of nitrogens with one attached hydrogen (secondary N) is 1. The number of benzene rings is 1. The average Bonchev–Trinajstić information content (AvgIpc) is 2.70. The van der Waals surface area contributed by atoms with Crippen LogP contribution in [0.25, 0.3) is 10.9 Å². The Labute approximate surface area is 94.1 Å². The molecular weight excluding hydrogens is 226 g/mol. The zero-order valence-corrected chi connectivity index (χ0v) is 8.30. The number of rotatable bonds is 2. The highest BCUT2D eigenvalue weighted by Gasteiger charge is 2.18. The van der Waals surface area contributed by atoms with E-state index in [9.17, 15) is 14.9 Å². The molecule has 1 aromatic heterocycles. The molecule has 0 bridgehead atoms. The van der Waals surface area contributed by atoms with Gasteiger partial charge in [0.2, 0.25) is 0 Å². The molecule has 7 nitrogen and oxygen atoms in total. The summed E-state index contributed by atoms with van der Waals surface area (Å²) in [5.41, 5.74) is -0.253. The molecule has 0 saturated carbocycles. The van der Waals surface area contributed by atoms with Crippen LogP contribution < -0.4 is 0 Å². The predicted molar refractivity (Wildman–Crippen MR) is 56.6 cm³/mol. The lowest BCUT2D eigenvalue weighted by molar-refractivity contribution is -0.383. The van der Waals surface area contributed by atoms with Gasteiger partial charge in [-0.1, -0.05) is 0 Å². The van der Waals surface area contributed by atoms with Crippen LogP contribution in [0.4, 0.5) is 5.69 Å². The van der Waals surface area contributed by atoms with Crippen LogP contribution in [0.15, 0.2) is 18.2 Å². The first kappa shape index (κ1) is 10.6. The van der Waals surface area contributed by atoms with Crippen LogP contribution >= 0.6 is 0 Å². The minimum absolute atomic E-state index is 0.103. The van der Waals surface area contributed by atoms with Crippen molar-refractivity contribution >= 4 is 22.6 Å². The smallest absolute Gasteiger partial charge is 0.352 e. The molecule has 1 heterocycles. The van der Waals surface area contributed by atoms with Crippen molar-refractivity contribution in [1.82, 2.24) is 4.98 Å². The van der Waals surface area contributed by atoms with Crippen LogP contribution in [0.5, 0.6) is 0 Å². The van der Waals surface area contributed by atoms with Gasteiger partial charge in [0.25, 0.3) is 5.69 Å². The Morgan fingerprint density at radius 2 is 2.18 bits per heavy atom. The average molecular weight is 231 g/mol. The number of aromatic carboxylic acids is 1. The fourth-order valence-electron chi connectivity index (χ4n) is 1.55. The number of H-pyrrole nitrogens is 1. The van der Waals surface area contributed by atoms with E-state index in [1.165, 1.54) is 12.1 Å². The van der Waals surface area contributed by atoms with Crippen LogP contribution in [0.1, 0.15) is 16.1 Å². The lowest BCUT2D eigenvalue weighted by Crippen LogP contribution is -1.95. The third-order valence-electron chi connectivity index (χ3n) is 2.26. The van der Waals surface area contributed by atoms with Gasteiger partial charge in [0.05, 0.1) is 16.6 Å². The molecule has 0 aliphatic carbocycles. The van der Waals surface area contributed by atoms with E-state index in [4.69, 9.17) is 10.4 Å². The Hall–Kier alpha value is -2.88. The van der Waals surface area contributed by atoms with Crippen molar-refractivity contribution in [2.24, 2.45) is 0 Å². The SMILES string of the molecule is N#Cc1cc([N+](=O)[O-])c2[nH]c(C(=O)O)cc2c1. The summed E-state index contributed by atoms with van der Waals surface area (Å²) in [6.07, 6.45) is 0. The largest absolute Gasteiger partial charge is 0.477 e. The van der Waals surface area contributed by atoms with Crippen molar-refractivity contribution in [3.63, 3.8) is 0 Å². The summed E-state index contributed by atoms with van der Waals surface area (Å²) in [5, 5.41) is 28.6. The second-order valence-corrected chi connectivity index (χ2v) is 3.32. The Morgan fingerprint density at radius 3 is 2.71 bits per heavy atom. The van der Waals surface area contributed by atoms with Gasteiger partial charge in [0, 0.05) is 11.5 Å². The molecule has 0 spiro atoms. The highest BCUT2D eigenvalue weighted by atomic mass is 16.6. The summed E-state index contributed by atoms with van der Waals surface area (Å²) in [5.74, 6) is -1.21. The summed E-state index contributed by atoms with van der Waals surface area (Å²) in [6, 6.07) is 5.54. The number of nitriles is 1. The van der Waals surface area contributed by atoms with Crippen molar-refractivity contribution < 1.29 is 14.8 Å². The number of aromatic nitrogens is 1. The number of carboxylic acids is 1. The van der Waals surface area contributed by atoms with Crippen LogP contribution in [-0.4, -0.2) is 21.0 Å². The van der Waals surface area contributed by atoms with E-state index in [2.05, 4.69) is 4.98 Å². The minimum Gasteiger partial charge on any atom is -0.477 e. The van der Waals surface area contributed by atoms with Gasteiger partial charge in [-0.25, -0.2) is 4.79 Å². The molecule has 0 aliphatic rings. The molecule has 0 fully saturated rings. The van der Waals surface area contributed by atoms with Gasteiger partial charge in [0.15, 0.2) is 0 Å². The molecule has 84 valence electrons. The molecule has 0 radical (unpaired) electrons. The third-order valence-corrected chi connectivity index (χ3v) is 2.26. The Bertz CT molecular complexity index is 681. The Balaban J connectivity index is 2.83. The number of carboxylic acid groups (broad SMARTS) is 1. The number of aromatic amines is 1. The van der Waals surface area contributed by atoms with E-state index in [1.807, 2.05) is 0 Å². The molecule has 0 atom stereocenters. The van der Waals surface area contributed by atoms with E-state index < -0.39 is 10.9 Å². The van der Waals surface area contributed by atoms with Crippen LogP contribution in [-0.2, 0) is 0 Å². The second kappa shape index (κ2) is 3.61. The normalized spacial score (nSPS) is 10.1. The third kappa shape index (κ3) is 1.68. The minimum atomic E-state index is -1.21. The van der Waals surface area contributed by atoms with E-state index in [0.29, 0.717) is 5.39 Å². The van der Waals surface area contributed by atoms with Crippen molar-refractivity contribution in [2.75, 3.05) is 0 Å². The number of nitro benzene ring substituents is 1. The maximum absolute atomic E-state index is 10.8. The zero-order valence-electron chi connectivity index (χ0n) is 8.30. The number of hydrogen-bond donors (Lipinski definition) is 2. The van der Waals surface area contributed by atoms with E-state index >= 15 is 0 Å². The maximum atomic E-state index is 10.8. The standard InChI is InChI=1S/C10H5N3O4/c11-4-5-1-6-3-7(10(14)15)12-9(6)8(2-5)13(16)17/h1-3,12H,(H,14,15). The van der Waals surface area contributed by atoms with E-state index in [1.54, 1.807) is 6.07 Å². The first-order chi connectivity index (χ1) is 8.02. The van der Waals surface area contributed by atoms with Gasteiger partial charge >= 0.3 is 5.97 Å². The summed E-state index contributed by atoms with van der Waals surface area (Å²) in [4.78, 5) is 23.3. The fourth-order valence-corrected chi connectivity index (χ4v) is 1.55. The molecule has 2 N–H and O–H groups in total. The zero-order chi connectivity index (χ0) is 12.6. The topological polar surface area (TPSA) is 120 Å². The van der Waals surface area contributed by atoms with Gasteiger partial charge in [-0.05, 0) is 12.1 Å². The fraction of sp³-hybridized carbons (Fsp3) is 0. The summed E-state index contributed by atoms with van der Waals surface area (Å²) >= 11 is 0. The van der Waals surface area contributed by atoms with Crippen LogP contribution in [0.3, 0.4) is 0 Å². The quantitative estimate of drug-likeness (QED) is 0.601. The highest BCUT2D eigenvalue weighted by molar-refractivity contribution is 5.97. The van der Waals surface area contributed by atoms with Gasteiger partial charge in [-0.3, -0.25) is 10.1 Å². The molecule has 17 heavy (non-hydrogen) atoms. The van der Waals surface area contributed by atoms with Crippen LogP contribution in [0, 0.1) is 21.4 Å². The van der Waals surface area contributed by atoms with Crippen molar-refractivity contribution in [3.8, 4) is 6.07 Å². The Morgan fingerprint density at radius 1 is 1.47 bits per heavy atom. The molecule has 2 aromatic rings. The number of non-ortho nitro benzene ring substituents is 1. The molecular formula is C10H5N3O4. The Kier molecular flexibility index (Phi) is 2.25. The van der Waals surface area contributed by atoms with Gasteiger partial charge in [-0.15, -0.1) is 0 Å². The summed E-state index contributed by atoms with van der Waals surface area (Å²) in [6.45, 7) is 0. The first-order valence-corrected chi connectivity index (χ1v) is 4.47. The van der Waals surface area contributed by atoms with Gasteiger partial charge in [-0.2, -0.15) is 5.26 Å². The number of nitrogens with zero attached hydrogens (tertiary/aromatic N) is 2. The molecule has 7 heteroatoms. The summed E-state index contributed by atoms with van der Waals surface area (Å²) in [7, 11) is 0. The summed E-state index contributed by atoms with van der Waals surface area (Å²) < 4.78 is 0. The highest BCUT2D eigenvalue weighted by Crippen LogP contribution is 2.27.